The molecule has 0 amide bonds. The van der Waals surface area contributed by atoms with Gasteiger partial charge in [0.25, 0.3) is 0 Å². The van der Waals surface area contributed by atoms with Crippen LogP contribution in [0, 0.1) is 11.3 Å². The molecule has 0 saturated carbocycles. The van der Waals surface area contributed by atoms with Crippen LogP contribution in [0.4, 0.5) is 0 Å². The lowest BCUT2D eigenvalue weighted by atomic mass is 10.1. The lowest BCUT2D eigenvalue weighted by molar-refractivity contribution is 0.881. The summed E-state index contributed by atoms with van der Waals surface area (Å²) in [6.07, 6.45) is 4.57. The van der Waals surface area contributed by atoms with Crippen molar-refractivity contribution in [2.45, 2.75) is 0 Å². The van der Waals surface area contributed by atoms with E-state index in [0.29, 0.717) is 5.56 Å². The van der Waals surface area contributed by atoms with Crippen molar-refractivity contribution in [1.29, 1.82) is 5.26 Å². The molecule has 0 aliphatic carbocycles. The van der Waals surface area contributed by atoms with E-state index in [0.717, 1.165) is 16.6 Å². The largest absolute Gasteiger partial charge is 0.255 e. The van der Waals surface area contributed by atoms with Crippen molar-refractivity contribution < 1.29 is 0 Å². The maximum absolute atomic E-state index is 9.13. The Kier molecular flexibility index (Phi) is 2.06. The molecule has 5 nitrogen and oxygen atoms in total. The third-order valence-electron chi connectivity index (χ3n) is 2.52. The van der Waals surface area contributed by atoms with Crippen LogP contribution in [0.3, 0.4) is 0 Å². The number of nitriles is 1. The molecule has 2 heterocycles. The smallest absolute Gasteiger partial charge is 0.138 e. The molecule has 17 heavy (non-hydrogen) atoms. The Morgan fingerprint density at radius 1 is 1.24 bits per heavy atom. The summed E-state index contributed by atoms with van der Waals surface area (Å²) in [6.45, 7) is 0. The van der Waals surface area contributed by atoms with Crippen molar-refractivity contribution in [3.63, 3.8) is 0 Å². The maximum Gasteiger partial charge on any atom is 0.138 e. The van der Waals surface area contributed by atoms with E-state index in [1.165, 1.54) is 6.33 Å². The third kappa shape index (κ3) is 1.43. The van der Waals surface area contributed by atoms with E-state index >= 15 is 0 Å². The summed E-state index contributed by atoms with van der Waals surface area (Å²) in [6, 6.07) is 9.76. The van der Waals surface area contributed by atoms with Crippen LogP contribution in [-0.4, -0.2) is 19.7 Å². The molecule has 0 N–H and O–H groups in total. The van der Waals surface area contributed by atoms with Crippen LogP contribution < -0.4 is 0 Å². The van der Waals surface area contributed by atoms with Gasteiger partial charge in [-0.2, -0.15) is 10.4 Å². The fourth-order valence-electron chi connectivity index (χ4n) is 1.78. The predicted molar refractivity (Wildman–Crippen MR) is 61.4 cm³/mol. The molecule has 0 bridgehead atoms. The number of hydrogen-bond acceptors (Lipinski definition) is 4. The number of para-hydroxylation sites is 1. The highest BCUT2D eigenvalue weighted by Crippen LogP contribution is 2.22. The highest BCUT2D eigenvalue weighted by molar-refractivity contribution is 5.89. The SMILES string of the molecule is N#Cc1cnc2ccccc2c1-n1cncn1. The van der Waals surface area contributed by atoms with E-state index in [2.05, 4.69) is 21.1 Å². The molecule has 0 fully saturated rings. The minimum Gasteiger partial charge on any atom is -0.255 e. The van der Waals surface area contributed by atoms with Crippen molar-refractivity contribution in [1.82, 2.24) is 19.7 Å². The summed E-state index contributed by atoms with van der Waals surface area (Å²) in [5.41, 5.74) is 2.03. The van der Waals surface area contributed by atoms with Gasteiger partial charge >= 0.3 is 0 Å². The number of benzene rings is 1. The first kappa shape index (κ1) is 9.48. The van der Waals surface area contributed by atoms with Gasteiger partial charge in [-0.3, -0.25) is 4.98 Å². The first-order valence-corrected chi connectivity index (χ1v) is 5.03. The van der Waals surface area contributed by atoms with Gasteiger partial charge in [0.1, 0.15) is 18.7 Å². The Bertz CT molecular complexity index is 709. The molecule has 80 valence electrons. The summed E-state index contributed by atoms with van der Waals surface area (Å²) < 4.78 is 1.59. The third-order valence-corrected chi connectivity index (χ3v) is 2.52. The van der Waals surface area contributed by atoms with Gasteiger partial charge in [0, 0.05) is 11.6 Å². The van der Waals surface area contributed by atoms with Crippen molar-refractivity contribution >= 4 is 10.9 Å². The Labute approximate surface area is 97.0 Å². The lowest BCUT2D eigenvalue weighted by Gasteiger charge is -2.06. The van der Waals surface area contributed by atoms with E-state index in [-0.39, 0.29) is 0 Å². The Hall–Kier alpha value is -2.74. The maximum atomic E-state index is 9.13. The molecule has 0 saturated heterocycles. The second-order valence-corrected chi connectivity index (χ2v) is 3.49. The molecule has 0 unspecified atom stereocenters. The lowest BCUT2D eigenvalue weighted by Crippen LogP contribution is -2.00. The van der Waals surface area contributed by atoms with Crippen LogP contribution in [0.1, 0.15) is 5.56 Å². The fourth-order valence-corrected chi connectivity index (χ4v) is 1.78. The van der Waals surface area contributed by atoms with E-state index in [1.54, 1.807) is 17.2 Å². The summed E-state index contributed by atoms with van der Waals surface area (Å²) in [5.74, 6) is 0. The van der Waals surface area contributed by atoms with Crippen LogP contribution in [0.2, 0.25) is 0 Å². The van der Waals surface area contributed by atoms with Gasteiger partial charge in [0.05, 0.1) is 16.8 Å². The van der Waals surface area contributed by atoms with E-state index in [1.807, 2.05) is 24.3 Å². The summed E-state index contributed by atoms with van der Waals surface area (Å²) in [4.78, 5) is 8.14. The molecular formula is C12H7N5. The summed E-state index contributed by atoms with van der Waals surface area (Å²) in [7, 11) is 0. The number of hydrogen-bond donors (Lipinski definition) is 0. The molecular weight excluding hydrogens is 214 g/mol. The summed E-state index contributed by atoms with van der Waals surface area (Å²) in [5, 5.41) is 14.1. The van der Waals surface area contributed by atoms with Gasteiger partial charge in [-0.05, 0) is 6.07 Å². The van der Waals surface area contributed by atoms with Gasteiger partial charge < -0.3 is 0 Å². The minimum absolute atomic E-state index is 0.481. The van der Waals surface area contributed by atoms with Crippen molar-refractivity contribution in [2.24, 2.45) is 0 Å². The number of nitrogens with zero attached hydrogens (tertiary/aromatic N) is 5. The molecule has 0 spiro atoms. The zero-order valence-corrected chi connectivity index (χ0v) is 8.78. The standard InChI is InChI=1S/C12H7N5/c13-5-9-6-15-11-4-2-1-3-10(11)12(9)17-8-14-7-16-17/h1-4,6-8H. The van der Waals surface area contributed by atoms with Gasteiger partial charge in [-0.1, -0.05) is 18.2 Å². The van der Waals surface area contributed by atoms with Crippen LogP contribution in [0.15, 0.2) is 43.1 Å². The van der Waals surface area contributed by atoms with Crippen LogP contribution in [-0.2, 0) is 0 Å². The highest BCUT2D eigenvalue weighted by Gasteiger charge is 2.10. The number of pyridine rings is 1. The van der Waals surface area contributed by atoms with Crippen LogP contribution in [0.25, 0.3) is 16.6 Å². The van der Waals surface area contributed by atoms with Crippen LogP contribution >= 0.6 is 0 Å². The monoisotopic (exact) mass is 221 g/mol. The zero-order valence-electron chi connectivity index (χ0n) is 8.78. The van der Waals surface area contributed by atoms with E-state index in [9.17, 15) is 0 Å². The van der Waals surface area contributed by atoms with Crippen molar-refractivity contribution in [3.05, 3.63) is 48.7 Å². The molecule has 0 radical (unpaired) electrons. The molecule has 5 heteroatoms. The number of fused-ring (bicyclic) bond motifs is 1. The first-order valence-electron chi connectivity index (χ1n) is 5.03. The Balaban J connectivity index is 2.45. The second kappa shape index (κ2) is 3.68. The van der Waals surface area contributed by atoms with E-state index in [4.69, 9.17) is 5.26 Å². The first-order chi connectivity index (χ1) is 8.40. The number of aromatic nitrogens is 4. The topological polar surface area (TPSA) is 67.4 Å². The second-order valence-electron chi connectivity index (χ2n) is 3.49. The van der Waals surface area contributed by atoms with Gasteiger partial charge in [0.15, 0.2) is 0 Å². The van der Waals surface area contributed by atoms with Crippen molar-refractivity contribution in [3.8, 4) is 11.8 Å². The molecule has 0 atom stereocenters. The van der Waals surface area contributed by atoms with Gasteiger partial charge in [0.2, 0.25) is 0 Å². The average Bonchev–Trinajstić information content (AvgIpc) is 2.91. The average molecular weight is 221 g/mol. The van der Waals surface area contributed by atoms with Gasteiger partial charge in [-0.15, -0.1) is 0 Å². The molecule has 3 aromatic rings. The molecule has 0 aliphatic rings. The number of rotatable bonds is 1. The minimum atomic E-state index is 0.481. The Morgan fingerprint density at radius 3 is 2.88 bits per heavy atom. The van der Waals surface area contributed by atoms with Crippen molar-refractivity contribution in [2.75, 3.05) is 0 Å². The molecule has 1 aromatic carbocycles. The van der Waals surface area contributed by atoms with Crippen LogP contribution in [0.5, 0.6) is 0 Å². The van der Waals surface area contributed by atoms with Gasteiger partial charge in [-0.25, -0.2) is 9.67 Å². The predicted octanol–water partition coefficient (Wildman–Crippen LogP) is 1.69. The quantitative estimate of drug-likeness (QED) is 0.627. The Morgan fingerprint density at radius 2 is 2.12 bits per heavy atom. The fraction of sp³-hybridized carbons (Fsp3) is 0. The van der Waals surface area contributed by atoms with E-state index < -0.39 is 0 Å². The normalized spacial score (nSPS) is 10.3. The summed E-state index contributed by atoms with van der Waals surface area (Å²) >= 11 is 0. The highest BCUT2D eigenvalue weighted by atomic mass is 15.3. The molecule has 3 rings (SSSR count). The molecule has 2 aromatic heterocycles. The zero-order chi connectivity index (χ0) is 11.7. The molecule has 0 aliphatic heterocycles.